The average molecular weight is 1850 g/mol. The average Bonchev–Trinajstić information content (AvgIpc) is 1.56. The molecule has 0 saturated heterocycles. The van der Waals surface area contributed by atoms with Gasteiger partial charge in [0, 0.05) is 212 Å². The highest BCUT2D eigenvalue weighted by atomic mass is 15.0. The molecule has 10 aromatic heterocycles. The molecule has 0 saturated carbocycles. The molecule has 0 unspecified atom stereocenters. The van der Waals surface area contributed by atoms with Crippen molar-refractivity contribution in [2.75, 3.05) is 0 Å². The Hall–Kier alpha value is -18.3. The van der Waals surface area contributed by atoms with Crippen LogP contribution in [-0.2, 0) is 47.7 Å². The molecule has 688 valence electrons. The number of aromatic nitrogens is 10. The van der Waals surface area contributed by atoms with E-state index in [2.05, 4.69) is 563 Å². The van der Waals surface area contributed by atoms with Gasteiger partial charge in [0.25, 0.3) is 0 Å². The fourth-order valence-corrected chi connectivity index (χ4v) is 24.0. The highest BCUT2D eigenvalue weighted by Crippen LogP contribution is 2.52. The molecule has 0 amide bonds. The molecule has 20 aromatic carbocycles. The second kappa shape index (κ2) is 34.7. The Labute approximate surface area is 833 Å². The van der Waals surface area contributed by atoms with Crippen LogP contribution in [0.2, 0.25) is 0 Å². The van der Waals surface area contributed by atoms with Crippen LogP contribution in [0.15, 0.2) is 473 Å². The van der Waals surface area contributed by atoms with Crippen molar-refractivity contribution in [2.24, 2.45) is 42.3 Å². The number of rotatable bonds is 5. The number of fused-ring (bicyclic) bond motifs is 32. The maximum atomic E-state index is 4.38. The number of hydrogen-bond acceptors (Lipinski definition) is 1. The number of benzene rings is 20. The first kappa shape index (κ1) is 86.1. The Morgan fingerprint density at radius 1 is 0.174 bits per heavy atom. The summed E-state index contributed by atoms with van der Waals surface area (Å²) in [6.07, 6.45) is 1.83. The van der Waals surface area contributed by atoms with Crippen molar-refractivity contribution in [3.05, 3.63) is 484 Å². The van der Waals surface area contributed by atoms with Crippen molar-refractivity contribution < 1.29 is 0 Å². The van der Waals surface area contributed by atoms with Crippen LogP contribution in [0.3, 0.4) is 0 Å². The first-order valence-corrected chi connectivity index (χ1v) is 49.7. The van der Waals surface area contributed by atoms with Gasteiger partial charge in [-0.3, -0.25) is 0 Å². The van der Waals surface area contributed by atoms with Crippen LogP contribution in [0.1, 0.15) is 25.0 Å². The summed E-state index contributed by atoms with van der Waals surface area (Å²) in [7, 11) is 12.9. The van der Waals surface area contributed by atoms with Crippen LogP contribution in [0.4, 0.5) is 0 Å². The van der Waals surface area contributed by atoms with Gasteiger partial charge in [0.15, 0.2) is 0 Å². The zero-order chi connectivity index (χ0) is 96.7. The van der Waals surface area contributed by atoms with Crippen molar-refractivity contribution in [3.63, 3.8) is 0 Å². The molecular formula is C134H102N10. The van der Waals surface area contributed by atoms with Crippen LogP contribution in [0, 0.1) is 0 Å². The summed E-state index contributed by atoms with van der Waals surface area (Å²) in [6.45, 7) is 4.68. The van der Waals surface area contributed by atoms with E-state index >= 15 is 0 Å². The van der Waals surface area contributed by atoms with Crippen LogP contribution in [0.25, 0.3) is 247 Å². The van der Waals surface area contributed by atoms with Crippen molar-refractivity contribution in [1.29, 1.82) is 0 Å². The van der Waals surface area contributed by atoms with Crippen molar-refractivity contribution in [1.82, 2.24) is 46.1 Å². The zero-order valence-electron chi connectivity index (χ0n) is 81.5. The van der Waals surface area contributed by atoms with Crippen LogP contribution < -0.4 is 0 Å². The fraction of sp³-hybridized carbons (Fsp3) is 0.0672. The van der Waals surface area contributed by atoms with E-state index in [1.54, 1.807) is 0 Å². The lowest BCUT2D eigenvalue weighted by atomic mass is 9.82. The predicted octanol–water partition coefficient (Wildman–Crippen LogP) is 34.3. The first-order valence-electron chi connectivity index (χ1n) is 49.7. The maximum absolute atomic E-state index is 4.38. The Kier molecular flexibility index (Phi) is 20.7. The lowest BCUT2D eigenvalue weighted by Gasteiger charge is -2.21. The number of hydrogen-bond donors (Lipinski definition) is 0. The number of aryl methyl sites for hydroxylation is 6. The van der Waals surface area contributed by atoms with Crippen molar-refractivity contribution in [3.8, 4) is 50.4 Å². The number of para-hydroxylation sites is 13. The molecule has 0 atom stereocenters. The van der Waals surface area contributed by atoms with Gasteiger partial charge in [-0.1, -0.05) is 354 Å². The van der Waals surface area contributed by atoms with Crippen molar-refractivity contribution >= 4 is 196 Å². The Bertz CT molecular complexity index is 10100. The number of nitrogens with zero attached hydrogens (tertiary/aromatic N) is 10. The Morgan fingerprint density at radius 2 is 0.500 bits per heavy atom. The highest BCUT2D eigenvalue weighted by molar-refractivity contribution is 6.27. The lowest BCUT2D eigenvalue weighted by Crippen LogP contribution is -2.14. The van der Waals surface area contributed by atoms with Gasteiger partial charge in [0.05, 0.1) is 60.7 Å². The van der Waals surface area contributed by atoms with E-state index in [9.17, 15) is 0 Å². The van der Waals surface area contributed by atoms with Crippen LogP contribution in [-0.4, -0.2) is 46.1 Å². The topological polar surface area (TPSA) is 57.3 Å². The largest absolute Gasteiger partial charge is 0.344 e. The standard InChI is InChI=1S/3C25H18N2.C25H19N.C22H19N.C12H10N2/c1-26-22-13-7-5-11-18(22)20-16-25-21(15-24(20)26)19-12-6-8-14-23(19)27(25)17-9-3-2-4-10-17;1-26-21-13-7-5-11-18(21)19-15-16-23-24(25(19)26)20-12-6-8-14-22(20)27(23)17-9-3-2-4-10-17;1-26-22-13-7-5-11-18(22)20-15-16-21-19-12-6-8-14-23(19)27(25(21)24(20)26)17-9-3-2-4-10-17;1-26-24-20(18-10-4-2-5-11-18)14-8-16-22(24)23-17-9-15-21(25(23)26)19-12-6-3-7-13-19;1-22(2)18-10-6-4-8-14(18)16-12-17-15-9-5-7-11-20(15)23(3)21(17)13-19(16)22;1-14-11-7-3-2-5-9(11)10-6-4-8-13-12(10)14/h3*2-16H,1H3;2-17H,1H3;4-13H,1-3H3;2-8H,1H3. The van der Waals surface area contributed by atoms with E-state index in [1.807, 2.05) is 12.3 Å². The van der Waals surface area contributed by atoms with Crippen LogP contribution in [0.5, 0.6) is 0 Å². The molecule has 0 spiro atoms. The van der Waals surface area contributed by atoms with Crippen molar-refractivity contribution in [2.45, 2.75) is 19.3 Å². The van der Waals surface area contributed by atoms with E-state index < -0.39 is 0 Å². The van der Waals surface area contributed by atoms with Gasteiger partial charge in [-0.05, 0) is 161 Å². The molecule has 10 heterocycles. The molecule has 144 heavy (non-hydrogen) atoms. The highest BCUT2D eigenvalue weighted by Gasteiger charge is 2.36. The second-order valence-electron chi connectivity index (χ2n) is 38.7. The van der Waals surface area contributed by atoms with Gasteiger partial charge in [-0.2, -0.15) is 0 Å². The normalized spacial score (nSPS) is 12.2. The minimum atomic E-state index is 0.0660. The molecule has 31 rings (SSSR count). The molecule has 1 aliphatic rings. The summed E-state index contributed by atoms with van der Waals surface area (Å²) < 4.78 is 21.0. The molecule has 0 aliphatic heterocycles. The zero-order valence-corrected chi connectivity index (χ0v) is 81.5. The smallest absolute Gasteiger partial charge is 0.140 e. The minimum absolute atomic E-state index is 0.0660. The quantitative estimate of drug-likeness (QED) is 0.169. The van der Waals surface area contributed by atoms with Gasteiger partial charge in [0.2, 0.25) is 0 Å². The molecule has 0 radical (unpaired) electrons. The van der Waals surface area contributed by atoms with E-state index in [0.717, 1.165) is 5.65 Å². The predicted molar refractivity (Wildman–Crippen MR) is 612 cm³/mol. The monoisotopic (exact) mass is 1850 g/mol. The third-order valence-corrected chi connectivity index (χ3v) is 30.6. The fourth-order valence-electron chi connectivity index (χ4n) is 24.0. The molecule has 1 aliphatic carbocycles. The summed E-state index contributed by atoms with van der Waals surface area (Å²) in [4.78, 5) is 4.38. The summed E-state index contributed by atoms with van der Waals surface area (Å²) in [5.74, 6) is 0. The third-order valence-electron chi connectivity index (χ3n) is 30.6. The minimum Gasteiger partial charge on any atom is -0.344 e. The van der Waals surface area contributed by atoms with Gasteiger partial charge in [0.1, 0.15) is 5.65 Å². The van der Waals surface area contributed by atoms with Crippen LogP contribution >= 0.6 is 0 Å². The van der Waals surface area contributed by atoms with E-state index in [0.29, 0.717) is 0 Å². The summed E-state index contributed by atoms with van der Waals surface area (Å²) in [5.41, 5.74) is 37.1. The molecule has 10 nitrogen and oxygen atoms in total. The molecule has 0 bridgehead atoms. The SMILES string of the molecule is Cn1c2c(-c3ccccc3)cccc2c2cccc(-c3ccccc3)c21.Cn1c2ccccc2c2cc3c(cc21)C(C)(C)c1ccccc1-3.Cn1c2ccccc2c2cc3c(cc21)c1ccccc1n3-c1ccccc1.Cn1c2ccccc2c2ccc3c(c4ccccc4n3-c3ccccc3)c21.Cn1c2ccccc2c2ccc3c4ccccc4n(-c4ccccc4)c3c21.Cn1c2ccccc2c2cccnc21. The van der Waals surface area contributed by atoms with Gasteiger partial charge in [-0.15, -0.1) is 0 Å². The molecule has 30 aromatic rings. The molecule has 10 heteroatoms. The Balaban J connectivity index is 0.0000000889. The molecular weight excluding hydrogens is 1750 g/mol. The van der Waals surface area contributed by atoms with Gasteiger partial charge < -0.3 is 41.1 Å². The molecule has 0 N–H and O–H groups in total. The number of pyridine rings is 1. The van der Waals surface area contributed by atoms with Gasteiger partial charge >= 0.3 is 0 Å². The summed E-state index contributed by atoms with van der Waals surface area (Å²) >= 11 is 0. The van der Waals surface area contributed by atoms with E-state index in [-0.39, 0.29) is 5.41 Å². The summed E-state index contributed by atoms with van der Waals surface area (Å²) in [6, 6.07) is 167. The second-order valence-corrected chi connectivity index (χ2v) is 38.7. The molecule has 0 fully saturated rings. The third kappa shape index (κ3) is 13.6. The lowest BCUT2D eigenvalue weighted by molar-refractivity contribution is 0.661. The van der Waals surface area contributed by atoms with E-state index in [4.69, 9.17) is 0 Å². The Morgan fingerprint density at radius 3 is 1.03 bits per heavy atom. The van der Waals surface area contributed by atoms with E-state index in [1.165, 1.54) is 252 Å². The first-order chi connectivity index (χ1) is 70.8. The maximum Gasteiger partial charge on any atom is 0.140 e. The summed E-state index contributed by atoms with van der Waals surface area (Å²) in [5, 5.41) is 23.5. The van der Waals surface area contributed by atoms with Gasteiger partial charge in [-0.25, -0.2) is 4.98 Å².